The summed E-state index contributed by atoms with van der Waals surface area (Å²) in [6, 6.07) is 7.97. The highest BCUT2D eigenvalue weighted by molar-refractivity contribution is 8.15. The van der Waals surface area contributed by atoms with Crippen LogP contribution in [-0.2, 0) is 11.2 Å². The molecular weight excluding hydrogens is 352 g/mol. The van der Waals surface area contributed by atoms with Crippen LogP contribution in [0.2, 0.25) is 0 Å². The minimum atomic E-state index is -0.0223. The quantitative estimate of drug-likeness (QED) is 0.576. The van der Waals surface area contributed by atoms with Crippen molar-refractivity contribution in [3.63, 3.8) is 0 Å². The Kier molecular flexibility index (Phi) is 7.75. The Morgan fingerprint density at radius 2 is 1.74 bits per heavy atom. The number of nitrogens with zero attached hydrogens (tertiary/aromatic N) is 2. The summed E-state index contributed by atoms with van der Waals surface area (Å²) >= 11 is 1.87. The fourth-order valence-electron chi connectivity index (χ4n) is 3.48. The molecule has 1 unspecified atom stereocenters. The van der Waals surface area contributed by atoms with Crippen LogP contribution in [0.25, 0.3) is 0 Å². The molecule has 4 heteroatoms. The zero-order chi connectivity index (χ0) is 21.0. The zero-order valence-corrected chi connectivity index (χ0v) is 19.8. The maximum atomic E-state index is 11.6. The van der Waals surface area contributed by atoms with Gasteiger partial charge in [0.25, 0.3) is 0 Å². The number of para-hydroxylation sites is 1. The third kappa shape index (κ3) is 4.42. The predicted octanol–water partition coefficient (Wildman–Crippen LogP) is 6.48. The smallest absolute Gasteiger partial charge is 0.165 e. The molecule has 0 aromatic heterocycles. The summed E-state index contributed by atoms with van der Waals surface area (Å²) < 4.78 is 0.0395. The number of benzene rings is 1. The Hall–Kier alpha value is -1.29. The summed E-state index contributed by atoms with van der Waals surface area (Å²) in [4.78, 5) is 18.9. The molecule has 1 heterocycles. The summed E-state index contributed by atoms with van der Waals surface area (Å²) in [5.41, 5.74) is 2.05. The molecule has 0 aliphatic carbocycles. The molecule has 1 aromatic rings. The minimum Gasteiger partial charge on any atom is -0.348 e. The van der Waals surface area contributed by atoms with E-state index in [1.165, 1.54) is 0 Å². The summed E-state index contributed by atoms with van der Waals surface area (Å²) in [6.07, 6.45) is 1.55. The van der Waals surface area contributed by atoms with Crippen LogP contribution in [0.1, 0.15) is 74.3 Å². The number of hydrogen-bond acceptors (Lipinski definition) is 3. The third-order valence-electron chi connectivity index (χ3n) is 6.41. The Labute approximate surface area is 171 Å². The number of ketones is 1. The average molecular weight is 391 g/mol. The molecule has 152 valence electrons. The van der Waals surface area contributed by atoms with Crippen molar-refractivity contribution in [1.82, 2.24) is 4.90 Å². The van der Waals surface area contributed by atoms with Crippen LogP contribution in [0.5, 0.6) is 0 Å². The SMILES string of the molecule is CC.CCC(C)(C)C1(C)SC(=Nc2ccccc2CC(C)=O)N(C)C1(C)C. The first kappa shape index (κ1) is 23.7. The molecule has 27 heavy (non-hydrogen) atoms. The van der Waals surface area contributed by atoms with E-state index >= 15 is 0 Å². The molecule has 3 nitrogen and oxygen atoms in total. The van der Waals surface area contributed by atoms with Gasteiger partial charge in [0.2, 0.25) is 0 Å². The Balaban J connectivity index is 0.00000176. The van der Waals surface area contributed by atoms with Crippen molar-refractivity contribution in [1.29, 1.82) is 0 Å². The van der Waals surface area contributed by atoms with Crippen molar-refractivity contribution in [2.24, 2.45) is 10.4 Å². The van der Waals surface area contributed by atoms with E-state index in [0.29, 0.717) is 6.42 Å². The van der Waals surface area contributed by atoms with Crippen molar-refractivity contribution < 1.29 is 4.79 Å². The first-order valence-electron chi connectivity index (χ1n) is 10.0. The number of Topliss-reactive ketones (excluding diaryl/α,β-unsaturated/α-hetero) is 1. The van der Waals surface area contributed by atoms with E-state index in [-0.39, 0.29) is 21.5 Å². The number of carbonyl (C=O) groups excluding carboxylic acids is 1. The van der Waals surface area contributed by atoms with Gasteiger partial charge in [0.05, 0.1) is 11.2 Å². The monoisotopic (exact) mass is 390 g/mol. The standard InChI is InChI=1S/C21H32N2OS.C2H6/c1-9-19(3,4)21(7)20(5,6)23(8)18(25-21)22-17-13-11-10-12-16(17)14-15(2)24;1-2/h10-13H,9,14H2,1-8H3;1-2H3. The van der Waals surface area contributed by atoms with Crippen LogP contribution in [-0.4, -0.2) is 33.2 Å². The lowest BCUT2D eigenvalue weighted by Crippen LogP contribution is -2.57. The van der Waals surface area contributed by atoms with E-state index in [1.807, 2.05) is 49.9 Å². The molecule has 0 amide bonds. The number of thioether (sulfide) groups is 1. The Bertz CT molecular complexity index is 693. The summed E-state index contributed by atoms with van der Waals surface area (Å²) in [6.45, 7) is 19.6. The fraction of sp³-hybridized carbons (Fsp3) is 0.652. The normalized spacial score (nSPS) is 23.2. The third-order valence-corrected chi connectivity index (χ3v) is 8.42. The van der Waals surface area contributed by atoms with Crippen molar-refractivity contribution >= 4 is 28.4 Å². The molecule has 1 aliphatic rings. The lowest BCUT2D eigenvalue weighted by atomic mass is 9.67. The number of rotatable bonds is 5. The highest BCUT2D eigenvalue weighted by Gasteiger charge is 2.59. The first-order chi connectivity index (χ1) is 12.5. The van der Waals surface area contributed by atoms with E-state index in [4.69, 9.17) is 4.99 Å². The maximum absolute atomic E-state index is 11.6. The van der Waals surface area contributed by atoms with Crippen molar-refractivity contribution in [2.75, 3.05) is 7.05 Å². The molecule has 1 aromatic carbocycles. The van der Waals surface area contributed by atoms with E-state index in [2.05, 4.69) is 53.5 Å². The van der Waals surface area contributed by atoms with Gasteiger partial charge < -0.3 is 4.90 Å². The van der Waals surface area contributed by atoms with Gasteiger partial charge in [0.1, 0.15) is 5.78 Å². The molecule has 0 N–H and O–H groups in total. The van der Waals surface area contributed by atoms with Crippen LogP contribution in [0, 0.1) is 5.41 Å². The van der Waals surface area contributed by atoms with Crippen LogP contribution in [0.4, 0.5) is 5.69 Å². The average Bonchev–Trinajstić information content (AvgIpc) is 2.79. The second-order valence-electron chi connectivity index (χ2n) is 8.39. The molecule has 0 spiro atoms. The number of carbonyl (C=O) groups is 1. The van der Waals surface area contributed by atoms with E-state index in [9.17, 15) is 4.79 Å². The van der Waals surface area contributed by atoms with E-state index in [1.54, 1.807) is 6.92 Å². The van der Waals surface area contributed by atoms with Gasteiger partial charge in [-0.15, -0.1) is 0 Å². The van der Waals surface area contributed by atoms with Crippen LogP contribution in [0.15, 0.2) is 29.3 Å². The summed E-state index contributed by atoms with van der Waals surface area (Å²) in [5, 5.41) is 1.03. The van der Waals surface area contributed by atoms with Crippen LogP contribution in [0.3, 0.4) is 0 Å². The molecule has 1 aliphatic heterocycles. The van der Waals surface area contributed by atoms with Gasteiger partial charge in [-0.2, -0.15) is 0 Å². The number of amidine groups is 1. The highest BCUT2D eigenvalue weighted by Crippen LogP contribution is 2.58. The van der Waals surface area contributed by atoms with Crippen molar-refractivity contribution in [2.45, 2.75) is 85.4 Å². The lowest BCUT2D eigenvalue weighted by Gasteiger charge is -2.50. The molecule has 1 saturated heterocycles. The molecule has 0 radical (unpaired) electrons. The number of hydrogen-bond donors (Lipinski definition) is 0. The van der Waals surface area contributed by atoms with E-state index < -0.39 is 0 Å². The van der Waals surface area contributed by atoms with Gasteiger partial charge in [-0.3, -0.25) is 4.79 Å². The molecule has 2 rings (SSSR count). The van der Waals surface area contributed by atoms with Gasteiger partial charge in [-0.05, 0) is 51.2 Å². The van der Waals surface area contributed by atoms with Gasteiger partial charge in [-0.25, -0.2) is 4.99 Å². The van der Waals surface area contributed by atoms with E-state index in [0.717, 1.165) is 22.8 Å². The largest absolute Gasteiger partial charge is 0.348 e. The molecule has 0 saturated carbocycles. The van der Waals surface area contributed by atoms with Gasteiger partial charge >= 0.3 is 0 Å². The van der Waals surface area contributed by atoms with Crippen molar-refractivity contribution in [3.8, 4) is 0 Å². The molecule has 0 bridgehead atoms. The number of aliphatic imine (C=N–C) groups is 1. The fourth-order valence-corrected chi connectivity index (χ4v) is 5.16. The van der Waals surface area contributed by atoms with Crippen LogP contribution < -0.4 is 0 Å². The van der Waals surface area contributed by atoms with Crippen LogP contribution >= 0.6 is 11.8 Å². The Morgan fingerprint density at radius 3 is 2.26 bits per heavy atom. The van der Waals surface area contributed by atoms with Gasteiger partial charge in [0.15, 0.2) is 5.17 Å². The highest BCUT2D eigenvalue weighted by atomic mass is 32.2. The predicted molar refractivity (Wildman–Crippen MR) is 121 cm³/mol. The molecule has 1 fully saturated rings. The minimum absolute atomic E-state index is 0.0223. The maximum Gasteiger partial charge on any atom is 0.165 e. The Morgan fingerprint density at radius 1 is 1.19 bits per heavy atom. The molecular formula is C23H38N2OS. The second kappa shape index (κ2) is 8.81. The first-order valence-corrected chi connectivity index (χ1v) is 10.9. The molecule has 1 atom stereocenters. The topological polar surface area (TPSA) is 32.7 Å². The zero-order valence-electron chi connectivity index (χ0n) is 18.9. The second-order valence-corrected chi connectivity index (χ2v) is 9.78. The summed E-state index contributed by atoms with van der Waals surface area (Å²) in [7, 11) is 2.14. The van der Waals surface area contributed by atoms with Gasteiger partial charge in [-0.1, -0.05) is 64.6 Å². The summed E-state index contributed by atoms with van der Waals surface area (Å²) in [5.74, 6) is 0.164. The van der Waals surface area contributed by atoms with Gasteiger partial charge in [0, 0.05) is 18.2 Å². The van der Waals surface area contributed by atoms with Crippen molar-refractivity contribution in [3.05, 3.63) is 29.8 Å². The lowest BCUT2D eigenvalue weighted by molar-refractivity contribution is -0.116.